The van der Waals surface area contributed by atoms with E-state index in [4.69, 9.17) is 21.1 Å². The molecule has 0 radical (unpaired) electrons. The first kappa shape index (κ1) is 11.7. The van der Waals surface area contributed by atoms with E-state index in [2.05, 4.69) is 4.98 Å². The molecule has 0 aliphatic heterocycles. The maximum Gasteiger partial charge on any atom is 0.354 e. The molecule has 0 aliphatic carbocycles. The predicted molar refractivity (Wildman–Crippen MR) is 71.4 cm³/mol. The van der Waals surface area contributed by atoms with E-state index in [9.17, 15) is 4.79 Å². The lowest BCUT2D eigenvalue weighted by Crippen LogP contribution is -1.98. The van der Waals surface area contributed by atoms with Gasteiger partial charge in [-0.15, -0.1) is 0 Å². The molecule has 2 aromatic heterocycles. The van der Waals surface area contributed by atoms with Crippen LogP contribution in [0.15, 0.2) is 47.0 Å². The molecule has 0 saturated heterocycles. The van der Waals surface area contributed by atoms with Crippen molar-refractivity contribution in [3.8, 4) is 11.3 Å². The number of hydrogen-bond acceptors (Lipinski definition) is 3. The van der Waals surface area contributed by atoms with Crippen molar-refractivity contribution in [2.45, 2.75) is 0 Å². The van der Waals surface area contributed by atoms with E-state index >= 15 is 0 Å². The number of nitrogens with zero attached hydrogens (tertiary/aromatic N) is 1. The Labute approximate surface area is 113 Å². The SMILES string of the molecule is O=C(O)c1ccc(-c2cc3cc(Cl)ccc3o2)cn1. The number of carbonyl (C=O) groups is 1. The second-order valence-corrected chi connectivity index (χ2v) is 4.47. The lowest BCUT2D eigenvalue weighted by molar-refractivity contribution is 0.0690. The number of fused-ring (bicyclic) bond motifs is 1. The van der Waals surface area contributed by atoms with E-state index in [1.807, 2.05) is 12.1 Å². The smallest absolute Gasteiger partial charge is 0.354 e. The summed E-state index contributed by atoms with van der Waals surface area (Å²) in [6.07, 6.45) is 1.47. The van der Waals surface area contributed by atoms with Crippen LogP contribution < -0.4 is 0 Å². The molecular formula is C14H8ClNO3. The average Bonchev–Trinajstić information content (AvgIpc) is 2.81. The molecule has 4 nitrogen and oxygen atoms in total. The summed E-state index contributed by atoms with van der Waals surface area (Å²) in [5.74, 6) is -0.426. The lowest BCUT2D eigenvalue weighted by Gasteiger charge is -1.96. The number of rotatable bonds is 2. The van der Waals surface area contributed by atoms with Crippen LogP contribution in [0.5, 0.6) is 0 Å². The van der Waals surface area contributed by atoms with Gasteiger partial charge in [-0.25, -0.2) is 9.78 Å². The highest BCUT2D eigenvalue weighted by atomic mass is 35.5. The standard InChI is InChI=1S/C14H8ClNO3/c15-10-2-4-12-9(5-10)6-13(19-12)8-1-3-11(14(17)18)16-7-8/h1-7H,(H,17,18). The van der Waals surface area contributed by atoms with E-state index in [1.54, 1.807) is 18.2 Å². The van der Waals surface area contributed by atoms with Gasteiger partial charge in [-0.3, -0.25) is 0 Å². The summed E-state index contributed by atoms with van der Waals surface area (Å²) in [5.41, 5.74) is 1.45. The van der Waals surface area contributed by atoms with Gasteiger partial charge in [0.15, 0.2) is 0 Å². The van der Waals surface area contributed by atoms with Crippen molar-refractivity contribution in [2.75, 3.05) is 0 Å². The molecule has 3 rings (SSSR count). The Morgan fingerprint density at radius 2 is 2.05 bits per heavy atom. The second kappa shape index (κ2) is 4.40. The van der Waals surface area contributed by atoms with Gasteiger partial charge < -0.3 is 9.52 Å². The number of carboxylic acid groups (broad SMARTS) is 1. The average molecular weight is 274 g/mol. The van der Waals surface area contributed by atoms with Crippen LogP contribution in [-0.2, 0) is 0 Å². The third kappa shape index (κ3) is 2.18. The van der Waals surface area contributed by atoms with Gasteiger partial charge in [0.2, 0.25) is 0 Å². The molecule has 0 bridgehead atoms. The molecule has 3 aromatic rings. The Morgan fingerprint density at radius 1 is 1.21 bits per heavy atom. The molecule has 0 fully saturated rings. The fraction of sp³-hybridized carbons (Fsp3) is 0. The molecule has 0 spiro atoms. The lowest BCUT2D eigenvalue weighted by atomic mass is 10.2. The van der Waals surface area contributed by atoms with E-state index in [0.717, 1.165) is 16.5 Å². The Hall–Kier alpha value is -2.33. The highest BCUT2D eigenvalue weighted by molar-refractivity contribution is 6.31. The van der Waals surface area contributed by atoms with Crippen molar-refractivity contribution in [3.05, 3.63) is 53.3 Å². The second-order valence-electron chi connectivity index (χ2n) is 4.03. The molecule has 0 atom stereocenters. The zero-order chi connectivity index (χ0) is 13.4. The zero-order valence-electron chi connectivity index (χ0n) is 9.63. The fourth-order valence-electron chi connectivity index (χ4n) is 1.82. The van der Waals surface area contributed by atoms with E-state index in [0.29, 0.717) is 10.8 Å². The van der Waals surface area contributed by atoms with Crippen LogP contribution in [0, 0.1) is 0 Å². The summed E-state index contributed by atoms with van der Waals surface area (Å²) >= 11 is 5.91. The van der Waals surface area contributed by atoms with Gasteiger partial charge in [-0.1, -0.05) is 11.6 Å². The van der Waals surface area contributed by atoms with Gasteiger partial charge in [-0.05, 0) is 36.4 Å². The van der Waals surface area contributed by atoms with Crippen LogP contribution in [0.3, 0.4) is 0 Å². The molecule has 2 heterocycles. The number of halogens is 1. The Morgan fingerprint density at radius 3 is 2.74 bits per heavy atom. The van der Waals surface area contributed by atoms with Crippen LogP contribution in [-0.4, -0.2) is 16.1 Å². The fourth-order valence-corrected chi connectivity index (χ4v) is 2.00. The Balaban J connectivity index is 2.06. The molecule has 0 amide bonds. The van der Waals surface area contributed by atoms with Crippen LogP contribution in [0.25, 0.3) is 22.3 Å². The van der Waals surface area contributed by atoms with Gasteiger partial charge in [0.05, 0.1) is 0 Å². The Kier molecular flexibility index (Phi) is 2.72. The van der Waals surface area contributed by atoms with Gasteiger partial charge in [0.25, 0.3) is 0 Å². The number of hydrogen-bond donors (Lipinski definition) is 1. The van der Waals surface area contributed by atoms with Crippen molar-refractivity contribution < 1.29 is 14.3 Å². The molecule has 0 unspecified atom stereocenters. The van der Waals surface area contributed by atoms with Gasteiger partial charge in [0.1, 0.15) is 17.0 Å². The highest BCUT2D eigenvalue weighted by Gasteiger charge is 2.09. The van der Waals surface area contributed by atoms with Crippen molar-refractivity contribution in [1.82, 2.24) is 4.98 Å². The van der Waals surface area contributed by atoms with Crippen molar-refractivity contribution in [3.63, 3.8) is 0 Å². The number of aromatic nitrogens is 1. The molecule has 0 aliphatic rings. The van der Waals surface area contributed by atoms with E-state index in [-0.39, 0.29) is 5.69 Å². The maximum absolute atomic E-state index is 10.7. The van der Waals surface area contributed by atoms with Crippen molar-refractivity contribution in [1.29, 1.82) is 0 Å². The van der Waals surface area contributed by atoms with Crippen molar-refractivity contribution in [2.24, 2.45) is 0 Å². The first-order valence-corrected chi connectivity index (χ1v) is 5.90. The summed E-state index contributed by atoms with van der Waals surface area (Å²) in [4.78, 5) is 14.6. The van der Waals surface area contributed by atoms with Crippen molar-refractivity contribution >= 4 is 28.5 Å². The molecule has 19 heavy (non-hydrogen) atoms. The highest BCUT2D eigenvalue weighted by Crippen LogP contribution is 2.29. The molecule has 94 valence electrons. The maximum atomic E-state index is 10.7. The third-order valence-electron chi connectivity index (χ3n) is 2.75. The number of furan rings is 1. The summed E-state index contributed by atoms with van der Waals surface area (Å²) in [7, 11) is 0. The molecule has 1 aromatic carbocycles. The minimum Gasteiger partial charge on any atom is -0.477 e. The van der Waals surface area contributed by atoms with Crippen LogP contribution in [0.2, 0.25) is 5.02 Å². The quantitative estimate of drug-likeness (QED) is 0.770. The van der Waals surface area contributed by atoms with Crippen LogP contribution in [0.1, 0.15) is 10.5 Å². The zero-order valence-corrected chi connectivity index (χ0v) is 10.4. The van der Waals surface area contributed by atoms with Gasteiger partial charge >= 0.3 is 5.97 Å². The number of pyridine rings is 1. The predicted octanol–water partition coefficient (Wildman–Crippen LogP) is 3.85. The monoisotopic (exact) mass is 273 g/mol. The normalized spacial score (nSPS) is 10.8. The summed E-state index contributed by atoms with van der Waals surface area (Å²) in [6, 6.07) is 10.3. The van der Waals surface area contributed by atoms with Crippen LogP contribution >= 0.6 is 11.6 Å². The first-order valence-electron chi connectivity index (χ1n) is 5.52. The number of aromatic carboxylic acids is 1. The van der Waals surface area contributed by atoms with Gasteiger partial charge in [0, 0.05) is 22.2 Å². The number of carboxylic acids is 1. The third-order valence-corrected chi connectivity index (χ3v) is 2.98. The largest absolute Gasteiger partial charge is 0.477 e. The van der Waals surface area contributed by atoms with E-state index in [1.165, 1.54) is 12.3 Å². The molecular weight excluding hydrogens is 266 g/mol. The first-order chi connectivity index (χ1) is 9.13. The summed E-state index contributed by atoms with van der Waals surface area (Å²) in [6.45, 7) is 0. The van der Waals surface area contributed by atoms with Gasteiger partial charge in [-0.2, -0.15) is 0 Å². The van der Waals surface area contributed by atoms with E-state index < -0.39 is 5.97 Å². The topological polar surface area (TPSA) is 63.3 Å². The number of benzene rings is 1. The minimum atomic E-state index is -1.05. The molecule has 1 N–H and O–H groups in total. The Bertz CT molecular complexity index is 762. The summed E-state index contributed by atoms with van der Waals surface area (Å²) < 4.78 is 5.66. The minimum absolute atomic E-state index is 0.00269. The molecule has 5 heteroatoms. The van der Waals surface area contributed by atoms with Crippen LogP contribution in [0.4, 0.5) is 0 Å². The molecule has 0 saturated carbocycles. The summed E-state index contributed by atoms with van der Waals surface area (Å²) in [5, 5.41) is 10.3.